The van der Waals surface area contributed by atoms with Crippen LogP contribution in [0.2, 0.25) is 0 Å². The van der Waals surface area contributed by atoms with Crippen molar-refractivity contribution in [2.45, 2.75) is 78.8 Å². The van der Waals surface area contributed by atoms with Crippen LogP contribution in [0.4, 0.5) is 0 Å². The molecule has 0 amide bonds. The average Bonchev–Trinajstić information content (AvgIpc) is 3.10. The topological polar surface area (TPSA) is 116 Å². The molecule has 0 spiro atoms. The second kappa shape index (κ2) is 14.4. The Kier molecular flexibility index (Phi) is 10.3. The van der Waals surface area contributed by atoms with E-state index in [1.807, 2.05) is 38.1 Å². The van der Waals surface area contributed by atoms with Crippen molar-refractivity contribution in [1.82, 2.24) is 19.9 Å². The first-order valence-electron chi connectivity index (χ1n) is 16.7. The van der Waals surface area contributed by atoms with Crippen molar-refractivity contribution in [2.75, 3.05) is 0 Å². The van der Waals surface area contributed by atoms with Gasteiger partial charge in [0.15, 0.2) is 0 Å². The number of nitrogens with zero attached hydrogens (tertiary/aromatic N) is 5. The number of aromatic nitrogens is 4. The Morgan fingerprint density at radius 2 is 1.10 bits per heavy atom. The first kappa shape index (κ1) is 34.3. The molecule has 7 heteroatoms. The SMILES string of the molecule is CC.CC(C)(C)c1ccc(-c2ncnc3c(CN=C(N)CC(C)(C)c4ccc(-c5ncnc6c(CN)cccc56)cc4)cccc23)cc1. The molecule has 0 saturated carbocycles. The van der Waals surface area contributed by atoms with E-state index in [9.17, 15) is 0 Å². The normalized spacial score (nSPS) is 12.2. The van der Waals surface area contributed by atoms with Crippen LogP contribution in [0.15, 0.2) is 103 Å². The van der Waals surface area contributed by atoms with Crippen molar-refractivity contribution in [3.05, 3.63) is 120 Å². The lowest BCUT2D eigenvalue weighted by Gasteiger charge is -2.25. The summed E-state index contributed by atoms with van der Waals surface area (Å²) in [6, 6.07) is 29.4. The van der Waals surface area contributed by atoms with Crippen LogP contribution in [0.1, 0.15) is 77.1 Å². The fourth-order valence-corrected chi connectivity index (χ4v) is 6.05. The number of para-hydroxylation sites is 2. The van der Waals surface area contributed by atoms with Crippen LogP contribution in [0.5, 0.6) is 0 Å². The smallest absolute Gasteiger partial charge is 0.116 e. The first-order valence-corrected chi connectivity index (χ1v) is 16.7. The summed E-state index contributed by atoms with van der Waals surface area (Å²) in [5.74, 6) is 0.606. The van der Waals surface area contributed by atoms with E-state index in [0.29, 0.717) is 25.3 Å². The number of amidine groups is 1. The van der Waals surface area contributed by atoms with Gasteiger partial charge in [-0.1, -0.05) is 133 Å². The maximum atomic E-state index is 6.56. The lowest BCUT2D eigenvalue weighted by atomic mass is 9.80. The van der Waals surface area contributed by atoms with Crippen LogP contribution in [-0.4, -0.2) is 25.8 Å². The molecule has 0 aliphatic heterocycles. The Balaban J connectivity index is 0.00000221. The summed E-state index contributed by atoms with van der Waals surface area (Å²) in [7, 11) is 0. The van der Waals surface area contributed by atoms with Gasteiger partial charge in [-0.25, -0.2) is 19.9 Å². The second-order valence-electron chi connectivity index (χ2n) is 13.5. The Hall–Kier alpha value is -5.01. The van der Waals surface area contributed by atoms with Crippen LogP contribution < -0.4 is 11.5 Å². The van der Waals surface area contributed by atoms with Gasteiger partial charge in [0.2, 0.25) is 0 Å². The summed E-state index contributed by atoms with van der Waals surface area (Å²) in [4.78, 5) is 23.2. The van der Waals surface area contributed by atoms with E-state index >= 15 is 0 Å². The van der Waals surface area contributed by atoms with Gasteiger partial charge in [0.05, 0.1) is 34.8 Å². The van der Waals surface area contributed by atoms with Crippen LogP contribution in [0, 0.1) is 0 Å². The van der Waals surface area contributed by atoms with E-state index in [4.69, 9.17) is 16.5 Å². The largest absolute Gasteiger partial charge is 0.387 e. The van der Waals surface area contributed by atoms with Gasteiger partial charge < -0.3 is 11.5 Å². The van der Waals surface area contributed by atoms with E-state index in [2.05, 4.69) is 115 Å². The third-order valence-corrected chi connectivity index (χ3v) is 8.76. The van der Waals surface area contributed by atoms with E-state index < -0.39 is 0 Å². The monoisotopic (exact) mass is 637 g/mol. The van der Waals surface area contributed by atoms with E-state index in [1.165, 1.54) is 11.1 Å². The zero-order valence-corrected chi connectivity index (χ0v) is 29.2. The lowest BCUT2D eigenvalue weighted by molar-refractivity contribution is 0.547. The molecule has 6 aromatic rings. The highest BCUT2D eigenvalue weighted by molar-refractivity contribution is 5.95. The Labute approximate surface area is 284 Å². The second-order valence-corrected chi connectivity index (χ2v) is 13.5. The third kappa shape index (κ3) is 7.26. The third-order valence-electron chi connectivity index (χ3n) is 8.76. The molecule has 2 aromatic heterocycles. The molecule has 4 N–H and O–H groups in total. The minimum Gasteiger partial charge on any atom is -0.387 e. The molecule has 0 fully saturated rings. The fraction of sp³-hybridized carbons (Fsp3) is 0.293. The van der Waals surface area contributed by atoms with Crippen LogP contribution in [0.25, 0.3) is 44.3 Å². The van der Waals surface area contributed by atoms with Crippen molar-refractivity contribution in [1.29, 1.82) is 0 Å². The zero-order chi connectivity index (χ0) is 34.5. The summed E-state index contributed by atoms with van der Waals surface area (Å²) in [6.45, 7) is 15.9. The molecular weight excluding hydrogens is 591 g/mol. The van der Waals surface area contributed by atoms with Crippen molar-refractivity contribution < 1.29 is 0 Å². The number of fused-ring (bicyclic) bond motifs is 2. The van der Waals surface area contributed by atoms with E-state index in [0.717, 1.165) is 55.4 Å². The molecule has 0 radical (unpaired) electrons. The Morgan fingerprint density at radius 3 is 1.60 bits per heavy atom. The van der Waals surface area contributed by atoms with Gasteiger partial charge in [0.1, 0.15) is 12.7 Å². The van der Waals surface area contributed by atoms with Crippen molar-refractivity contribution >= 4 is 27.6 Å². The molecule has 246 valence electrons. The van der Waals surface area contributed by atoms with E-state index in [-0.39, 0.29) is 10.8 Å². The van der Waals surface area contributed by atoms with Gasteiger partial charge in [0.25, 0.3) is 0 Å². The van der Waals surface area contributed by atoms with Crippen molar-refractivity contribution in [3.8, 4) is 22.5 Å². The summed E-state index contributed by atoms with van der Waals surface area (Å²) in [6.07, 6.45) is 3.87. The molecule has 4 aromatic carbocycles. The predicted molar refractivity (Wildman–Crippen MR) is 201 cm³/mol. The summed E-state index contributed by atoms with van der Waals surface area (Å²) in [5.41, 5.74) is 22.6. The van der Waals surface area contributed by atoms with Gasteiger partial charge in [0, 0.05) is 34.9 Å². The molecule has 0 bridgehead atoms. The quantitative estimate of drug-likeness (QED) is 0.127. The molecule has 48 heavy (non-hydrogen) atoms. The van der Waals surface area contributed by atoms with Crippen LogP contribution >= 0.6 is 0 Å². The van der Waals surface area contributed by atoms with Gasteiger partial charge in [-0.3, -0.25) is 4.99 Å². The van der Waals surface area contributed by atoms with Gasteiger partial charge in [-0.15, -0.1) is 0 Å². The highest BCUT2D eigenvalue weighted by Gasteiger charge is 2.23. The van der Waals surface area contributed by atoms with Crippen molar-refractivity contribution in [2.24, 2.45) is 16.5 Å². The van der Waals surface area contributed by atoms with E-state index in [1.54, 1.807) is 12.7 Å². The predicted octanol–water partition coefficient (Wildman–Crippen LogP) is 8.91. The minimum atomic E-state index is -0.222. The molecule has 0 aliphatic rings. The van der Waals surface area contributed by atoms with Gasteiger partial charge in [-0.2, -0.15) is 0 Å². The minimum absolute atomic E-state index is 0.0949. The van der Waals surface area contributed by atoms with Gasteiger partial charge >= 0.3 is 0 Å². The Bertz CT molecular complexity index is 2040. The molecule has 0 atom stereocenters. The molecule has 2 heterocycles. The number of rotatable bonds is 8. The zero-order valence-electron chi connectivity index (χ0n) is 29.2. The average molecular weight is 638 g/mol. The molecule has 0 unspecified atom stereocenters. The summed E-state index contributed by atoms with van der Waals surface area (Å²) >= 11 is 0. The standard InChI is InChI=1S/C39H41N7.C2H6/c1-38(2,3)29-16-12-25(13-17-29)35-32-11-7-9-28(37(32)46-24-44-35)22-42-33(41)20-39(4,5)30-18-14-26(15-19-30)34-31-10-6-8-27(21-40)36(31)45-23-43-34;1-2/h6-19,23-24H,20-22,40H2,1-5H3,(H2,41,42);1-2H3. The number of benzene rings is 4. The molecular formula is C41H47N7. The highest BCUT2D eigenvalue weighted by Crippen LogP contribution is 2.33. The number of aliphatic imine (C=N–C) groups is 1. The highest BCUT2D eigenvalue weighted by atomic mass is 14.9. The van der Waals surface area contributed by atoms with Crippen molar-refractivity contribution in [3.63, 3.8) is 0 Å². The number of hydrogen-bond acceptors (Lipinski definition) is 6. The summed E-state index contributed by atoms with van der Waals surface area (Å²) < 4.78 is 0. The van der Waals surface area contributed by atoms with Crippen LogP contribution in [0.3, 0.4) is 0 Å². The first-order chi connectivity index (χ1) is 23.0. The maximum Gasteiger partial charge on any atom is 0.116 e. The lowest BCUT2D eigenvalue weighted by Crippen LogP contribution is -2.26. The summed E-state index contributed by atoms with van der Waals surface area (Å²) in [5, 5.41) is 2.01. The number of hydrogen-bond donors (Lipinski definition) is 2. The van der Waals surface area contributed by atoms with Gasteiger partial charge in [-0.05, 0) is 33.1 Å². The Morgan fingerprint density at radius 1 is 0.625 bits per heavy atom. The maximum absolute atomic E-state index is 6.56. The molecule has 6 rings (SSSR count). The molecule has 0 saturated heterocycles. The molecule has 0 aliphatic carbocycles. The fourth-order valence-electron chi connectivity index (χ4n) is 6.05. The molecule has 7 nitrogen and oxygen atoms in total. The number of nitrogens with two attached hydrogens (primary N) is 2. The van der Waals surface area contributed by atoms with Crippen LogP contribution in [-0.2, 0) is 23.9 Å².